The molecule has 0 aromatic heterocycles. The summed E-state index contributed by atoms with van der Waals surface area (Å²) in [6.07, 6.45) is 97.5. The van der Waals surface area contributed by atoms with Gasteiger partial charge in [-0.15, -0.1) is 0 Å². The molecule has 0 saturated heterocycles. The summed E-state index contributed by atoms with van der Waals surface area (Å²) >= 11 is 0. The molecule has 1 atom stereocenters. The van der Waals surface area contributed by atoms with Crippen molar-refractivity contribution in [2.75, 3.05) is 13.2 Å². The van der Waals surface area contributed by atoms with Crippen LogP contribution in [0, 0.1) is 0 Å². The van der Waals surface area contributed by atoms with Crippen LogP contribution < -0.4 is 0 Å². The molecule has 0 aliphatic heterocycles. The first-order valence-corrected chi connectivity index (χ1v) is 34.2. The van der Waals surface area contributed by atoms with Crippen molar-refractivity contribution in [1.82, 2.24) is 0 Å². The Kier molecular flexibility index (Phi) is 65.3. The molecule has 0 aromatic rings. The molecule has 0 amide bonds. The second-order valence-electron chi connectivity index (χ2n) is 22.3. The molecule has 0 fully saturated rings. The first kappa shape index (κ1) is 77.5. The van der Waals surface area contributed by atoms with E-state index in [4.69, 9.17) is 14.2 Å². The van der Waals surface area contributed by atoms with E-state index in [0.717, 1.165) is 161 Å². The topological polar surface area (TPSA) is 78.9 Å². The van der Waals surface area contributed by atoms with Crippen LogP contribution in [0.4, 0.5) is 0 Å². The Morgan fingerprint density at radius 3 is 0.744 bits per heavy atom. The first-order valence-electron chi connectivity index (χ1n) is 34.2. The van der Waals surface area contributed by atoms with Crippen LogP contribution in [0.25, 0.3) is 0 Å². The Balaban J connectivity index is 4.39. The average molecular weight is 1140 g/mol. The van der Waals surface area contributed by atoms with Gasteiger partial charge in [-0.05, 0) is 135 Å². The second-order valence-corrected chi connectivity index (χ2v) is 22.3. The minimum absolute atomic E-state index is 0.0931. The molecule has 6 heteroatoms. The molecule has 0 saturated carbocycles. The molecular weight excluding hydrogens is 1010 g/mol. The molecule has 0 aliphatic carbocycles. The standard InChI is InChI=1S/C76H126O6/c1-4-7-10-13-16-19-22-25-28-31-33-35-36-37-38-39-40-42-43-45-48-51-54-57-60-63-66-69-75(78)81-72-73(71-80-74(77)68-65-62-59-56-53-50-47-30-27-24-21-18-15-12-9-6-3)82-76(79)70-67-64-61-58-55-52-49-46-44-41-34-32-29-26-23-20-17-14-11-8-5-2/h7-8,10-11,16-17,19-21,24-26,28-30,33-35,41,46-47,49,73H,4-6,9,12-15,18,22-23,27,31-32,36-40,42-45,48,50-72H2,1-3H3/b10-7-,11-8-,19-16-,20-17-,24-21-,28-25-,29-26-,35-33-,41-34-,47-30-,49-46-. The monoisotopic (exact) mass is 1130 g/mol. The van der Waals surface area contributed by atoms with Crippen LogP contribution in [0.1, 0.15) is 310 Å². The molecule has 6 nitrogen and oxygen atoms in total. The van der Waals surface area contributed by atoms with Gasteiger partial charge in [-0.3, -0.25) is 14.4 Å². The minimum Gasteiger partial charge on any atom is -0.462 e. The summed E-state index contributed by atoms with van der Waals surface area (Å²) in [5.74, 6) is -0.920. The van der Waals surface area contributed by atoms with Crippen molar-refractivity contribution >= 4 is 17.9 Å². The van der Waals surface area contributed by atoms with Crippen molar-refractivity contribution in [3.05, 3.63) is 134 Å². The van der Waals surface area contributed by atoms with Gasteiger partial charge in [0, 0.05) is 19.3 Å². The number of allylic oxidation sites excluding steroid dienone is 22. The van der Waals surface area contributed by atoms with Crippen molar-refractivity contribution < 1.29 is 28.6 Å². The molecule has 466 valence electrons. The second kappa shape index (κ2) is 69.0. The van der Waals surface area contributed by atoms with Crippen LogP contribution >= 0.6 is 0 Å². The highest BCUT2D eigenvalue weighted by molar-refractivity contribution is 5.71. The number of carbonyl (C=O) groups excluding carboxylic acids is 3. The summed E-state index contributed by atoms with van der Waals surface area (Å²) in [6, 6.07) is 0. The number of rotatable bonds is 61. The van der Waals surface area contributed by atoms with E-state index in [9.17, 15) is 14.4 Å². The third kappa shape index (κ3) is 66.4. The molecule has 0 radical (unpaired) electrons. The van der Waals surface area contributed by atoms with Gasteiger partial charge >= 0.3 is 17.9 Å². The predicted molar refractivity (Wildman–Crippen MR) is 357 cm³/mol. The fourth-order valence-corrected chi connectivity index (χ4v) is 9.32. The lowest BCUT2D eigenvalue weighted by Crippen LogP contribution is -2.30. The summed E-state index contributed by atoms with van der Waals surface area (Å²) in [6.45, 7) is 6.39. The van der Waals surface area contributed by atoms with E-state index < -0.39 is 6.10 Å². The van der Waals surface area contributed by atoms with Crippen molar-refractivity contribution in [3.63, 3.8) is 0 Å². The van der Waals surface area contributed by atoms with Gasteiger partial charge in [0.2, 0.25) is 0 Å². The molecule has 0 heterocycles. The molecule has 0 bridgehead atoms. The number of unbranched alkanes of at least 4 members (excludes halogenated alkanes) is 28. The quantitative estimate of drug-likeness (QED) is 0.0261. The third-order valence-electron chi connectivity index (χ3n) is 14.4. The van der Waals surface area contributed by atoms with Crippen LogP contribution in [-0.2, 0) is 28.6 Å². The van der Waals surface area contributed by atoms with Crippen LogP contribution in [0.5, 0.6) is 0 Å². The maximum absolute atomic E-state index is 12.9. The van der Waals surface area contributed by atoms with E-state index in [1.165, 1.54) is 109 Å². The van der Waals surface area contributed by atoms with Crippen LogP contribution in [0.15, 0.2) is 134 Å². The van der Waals surface area contributed by atoms with E-state index in [2.05, 4.69) is 154 Å². The minimum atomic E-state index is -0.801. The van der Waals surface area contributed by atoms with Crippen molar-refractivity contribution in [2.45, 2.75) is 316 Å². The molecule has 0 rings (SSSR count). The third-order valence-corrected chi connectivity index (χ3v) is 14.4. The Morgan fingerprint density at radius 1 is 0.256 bits per heavy atom. The number of ether oxygens (including phenoxy) is 3. The Bertz CT molecular complexity index is 1730. The zero-order valence-electron chi connectivity index (χ0n) is 53.5. The maximum atomic E-state index is 12.9. The van der Waals surface area contributed by atoms with E-state index >= 15 is 0 Å². The van der Waals surface area contributed by atoms with Gasteiger partial charge < -0.3 is 14.2 Å². The Hall–Kier alpha value is -4.45. The molecule has 1 unspecified atom stereocenters. The summed E-state index contributed by atoms with van der Waals surface area (Å²) in [4.78, 5) is 38.4. The highest BCUT2D eigenvalue weighted by Gasteiger charge is 2.19. The Morgan fingerprint density at radius 2 is 0.476 bits per heavy atom. The summed E-state index contributed by atoms with van der Waals surface area (Å²) in [5.41, 5.74) is 0. The summed E-state index contributed by atoms with van der Waals surface area (Å²) in [5, 5.41) is 0. The smallest absolute Gasteiger partial charge is 0.306 e. The molecule has 0 aromatic carbocycles. The summed E-state index contributed by atoms with van der Waals surface area (Å²) < 4.78 is 17.0. The summed E-state index contributed by atoms with van der Waals surface area (Å²) in [7, 11) is 0. The molecule has 0 spiro atoms. The fraction of sp³-hybridized carbons (Fsp3) is 0.671. The number of carbonyl (C=O) groups is 3. The maximum Gasteiger partial charge on any atom is 0.306 e. The zero-order chi connectivity index (χ0) is 59.2. The predicted octanol–water partition coefficient (Wildman–Crippen LogP) is 23.7. The Labute approximate surface area is 506 Å². The lowest BCUT2D eigenvalue weighted by molar-refractivity contribution is -0.167. The SMILES string of the molecule is CC/C=C\C/C=C\C/C=C\C/C=C\C/C=C\CCCCCCCC(=O)OC(COC(=O)CCCCCCC/C=C\C/C=C\CCCCCC)COC(=O)CCCCCCCCCCCCCCCC/C=C\C/C=C\C/C=C\C/C=C\CC. The zero-order valence-corrected chi connectivity index (χ0v) is 53.5. The lowest BCUT2D eigenvalue weighted by atomic mass is 10.0. The van der Waals surface area contributed by atoms with Gasteiger partial charge in [-0.2, -0.15) is 0 Å². The van der Waals surface area contributed by atoms with Crippen LogP contribution in [-0.4, -0.2) is 37.2 Å². The van der Waals surface area contributed by atoms with E-state index in [-0.39, 0.29) is 31.1 Å². The average Bonchev–Trinajstić information content (AvgIpc) is 3.48. The van der Waals surface area contributed by atoms with Gasteiger partial charge in [0.05, 0.1) is 0 Å². The van der Waals surface area contributed by atoms with Gasteiger partial charge in [0.1, 0.15) is 13.2 Å². The highest BCUT2D eigenvalue weighted by Crippen LogP contribution is 2.16. The lowest BCUT2D eigenvalue weighted by Gasteiger charge is -2.18. The number of hydrogen-bond donors (Lipinski definition) is 0. The van der Waals surface area contributed by atoms with Gasteiger partial charge in [0.25, 0.3) is 0 Å². The van der Waals surface area contributed by atoms with Gasteiger partial charge in [-0.25, -0.2) is 0 Å². The molecular formula is C76H126O6. The van der Waals surface area contributed by atoms with Crippen LogP contribution in [0.2, 0.25) is 0 Å². The van der Waals surface area contributed by atoms with E-state index in [1.807, 2.05) is 0 Å². The fourth-order valence-electron chi connectivity index (χ4n) is 9.32. The largest absolute Gasteiger partial charge is 0.462 e. The molecule has 82 heavy (non-hydrogen) atoms. The van der Waals surface area contributed by atoms with E-state index in [1.54, 1.807) is 0 Å². The van der Waals surface area contributed by atoms with Crippen molar-refractivity contribution in [2.24, 2.45) is 0 Å². The molecule has 0 N–H and O–H groups in total. The molecule has 0 aliphatic rings. The van der Waals surface area contributed by atoms with Crippen LogP contribution in [0.3, 0.4) is 0 Å². The highest BCUT2D eigenvalue weighted by atomic mass is 16.6. The van der Waals surface area contributed by atoms with Crippen molar-refractivity contribution in [3.8, 4) is 0 Å². The van der Waals surface area contributed by atoms with Gasteiger partial charge in [0.15, 0.2) is 6.10 Å². The number of hydrogen-bond acceptors (Lipinski definition) is 6. The normalized spacial score (nSPS) is 13.0. The van der Waals surface area contributed by atoms with Crippen molar-refractivity contribution in [1.29, 1.82) is 0 Å². The number of esters is 3. The van der Waals surface area contributed by atoms with E-state index in [0.29, 0.717) is 19.3 Å². The van der Waals surface area contributed by atoms with Gasteiger partial charge in [-0.1, -0.05) is 289 Å². The first-order chi connectivity index (χ1) is 40.5.